The summed E-state index contributed by atoms with van der Waals surface area (Å²) < 4.78 is 12.7. The van der Waals surface area contributed by atoms with Crippen LogP contribution in [0.25, 0.3) is 5.69 Å². The largest absolute Gasteiger partial charge is 0.453 e. The SMILES string of the molecule is Cc1cccc(-n2ncc(Oc3cccc(Cl)c3)c(Nc3cccc(C(=O)N4CCOCC4)c3)c2=O)c1. The molecule has 0 radical (unpaired) electrons. The standard InChI is InChI=1S/C28H25ClN4O4/c1-19-5-2-9-23(15-19)33-28(35)26(25(18-30-33)37-24-10-4-7-21(29)17-24)31-22-8-3-6-20(16-22)27(34)32-11-13-36-14-12-32/h2-10,15-18,31H,11-14H2,1H3. The highest BCUT2D eigenvalue weighted by atomic mass is 35.5. The molecule has 0 saturated carbocycles. The van der Waals surface area contributed by atoms with E-state index in [0.29, 0.717) is 54.0 Å². The molecule has 1 amide bonds. The molecule has 0 aliphatic carbocycles. The van der Waals surface area contributed by atoms with Crippen LogP contribution in [0.4, 0.5) is 11.4 Å². The van der Waals surface area contributed by atoms with E-state index in [0.717, 1.165) is 5.56 Å². The van der Waals surface area contributed by atoms with Gasteiger partial charge in [0, 0.05) is 29.4 Å². The Morgan fingerprint density at radius 2 is 1.81 bits per heavy atom. The number of benzene rings is 3. The van der Waals surface area contributed by atoms with Gasteiger partial charge in [0.2, 0.25) is 0 Å². The van der Waals surface area contributed by atoms with Crippen LogP contribution in [0.1, 0.15) is 15.9 Å². The minimum atomic E-state index is -0.407. The Morgan fingerprint density at radius 1 is 1.03 bits per heavy atom. The maximum atomic E-state index is 13.7. The van der Waals surface area contributed by atoms with Crippen molar-refractivity contribution in [3.8, 4) is 17.2 Å². The quantitative estimate of drug-likeness (QED) is 0.379. The summed E-state index contributed by atoms with van der Waals surface area (Å²) in [6.45, 7) is 4.06. The molecule has 1 aliphatic rings. The summed E-state index contributed by atoms with van der Waals surface area (Å²) in [7, 11) is 0. The van der Waals surface area contributed by atoms with E-state index in [4.69, 9.17) is 21.1 Å². The van der Waals surface area contributed by atoms with Gasteiger partial charge in [-0.3, -0.25) is 9.59 Å². The summed E-state index contributed by atoms with van der Waals surface area (Å²) >= 11 is 6.12. The molecule has 0 bridgehead atoms. The smallest absolute Gasteiger partial charge is 0.299 e. The van der Waals surface area contributed by atoms with Gasteiger partial charge in [0.05, 0.1) is 25.1 Å². The summed E-state index contributed by atoms with van der Waals surface area (Å²) in [5.41, 5.74) is 2.46. The number of hydrogen-bond acceptors (Lipinski definition) is 6. The van der Waals surface area contributed by atoms with Gasteiger partial charge in [-0.1, -0.05) is 35.9 Å². The number of anilines is 2. The number of carbonyl (C=O) groups excluding carboxylic acids is 1. The van der Waals surface area contributed by atoms with Crippen molar-refractivity contribution in [2.45, 2.75) is 6.92 Å². The third kappa shape index (κ3) is 5.66. The number of aryl methyl sites for hydroxylation is 1. The van der Waals surface area contributed by atoms with Crippen LogP contribution in [-0.2, 0) is 4.74 Å². The number of carbonyl (C=O) groups is 1. The lowest BCUT2D eigenvalue weighted by atomic mass is 10.1. The summed E-state index contributed by atoms with van der Waals surface area (Å²) in [5.74, 6) is 0.594. The van der Waals surface area contributed by atoms with E-state index < -0.39 is 5.56 Å². The predicted octanol–water partition coefficient (Wildman–Crippen LogP) is 5.20. The average Bonchev–Trinajstić information content (AvgIpc) is 2.91. The van der Waals surface area contributed by atoms with Crippen molar-refractivity contribution in [3.63, 3.8) is 0 Å². The van der Waals surface area contributed by atoms with Gasteiger partial charge in [-0.2, -0.15) is 9.78 Å². The van der Waals surface area contributed by atoms with E-state index in [9.17, 15) is 9.59 Å². The van der Waals surface area contributed by atoms with Crippen LogP contribution in [0.15, 0.2) is 83.8 Å². The van der Waals surface area contributed by atoms with Crippen molar-refractivity contribution in [2.24, 2.45) is 0 Å². The molecule has 1 N–H and O–H groups in total. The van der Waals surface area contributed by atoms with Crippen molar-refractivity contribution in [3.05, 3.63) is 105 Å². The lowest BCUT2D eigenvalue weighted by Gasteiger charge is -2.27. The van der Waals surface area contributed by atoms with Crippen molar-refractivity contribution in [2.75, 3.05) is 31.6 Å². The summed E-state index contributed by atoms with van der Waals surface area (Å²) in [6.07, 6.45) is 1.48. The number of ether oxygens (including phenoxy) is 2. The molecule has 37 heavy (non-hydrogen) atoms. The molecule has 1 saturated heterocycles. The minimum absolute atomic E-state index is 0.0887. The van der Waals surface area contributed by atoms with E-state index in [-0.39, 0.29) is 17.3 Å². The first kappa shape index (κ1) is 24.5. The van der Waals surface area contributed by atoms with Crippen molar-refractivity contribution < 1.29 is 14.3 Å². The number of amides is 1. The van der Waals surface area contributed by atoms with Crippen molar-refractivity contribution >= 4 is 28.9 Å². The molecule has 1 aromatic heterocycles. The highest BCUT2D eigenvalue weighted by Crippen LogP contribution is 2.30. The number of halogens is 1. The molecule has 188 valence electrons. The Hall–Kier alpha value is -4.14. The number of morpholine rings is 1. The zero-order valence-electron chi connectivity index (χ0n) is 20.2. The third-order valence-electron chi connectivity index (χ3n) is 5.89. The highest BCUT2D eigenvalue weighted by molar-refractivity contribution is 6.30. The van der Waals surface area contributed by atoms with Crippen LogP contribution < -0.4 is 15.6 Å². The van der Waals surface area contributed by atoms with Crippen molar-refractivity contribution in [1.29, 1.82) is 0 Å². The van der Waals surface area contributed by atoms with Gasteiger partial charge in [0.15, 0.2) is 11.4 Å². The summed E-state index contributed by atoms with van der Waals surface area (Å²) in [6, 6.07) is 21.4. The average molecular weight is 517 g/mol. The fourth-order valence-corrected chi connectivity index (χ4v) is 4.24. The molecule has 1 fully saturated rings. The van der Waals surface area contributed by atoms with Crippen LogP contribution >= 0.6 is 11.6 Å². The number of aromatic nitrogens is 2. The fraction of sp³-hybridized carbons (Fsp3) is 0.179. The molecule has 1 aliphatic heterocycles. The molecule has 8 nitrogen and oxygen atoms in total. The normalized spacial score (nSPS) is 13.3. The summed E-state index contributed by atoms with van der Waals surface area (Å²) in [4.78, 5) is 28.4. The first-order chi connectivity index (χ1) is 18.0. The van der Waals surface area contributed by atoms with Gasteiger partial charge < -0.3 is 19.7 Å². The Kier molecular flexibility index (Phi) is 7.20. The van der Waals surface area contributed by atoms with Crippen LogP contribution in [0.5, 0.6) is 11.5 Å². The second-order valence-corrected chi connectivity index (χ2v) is 9.05. The number of nitrogens with zero attached hydrogens (tertiary/aromatic N) is 3. The molecule has 9 heteroatoms. The lowest BCUT2D eigenvalue weighted by Crippen LogP contribution is -2.40. The molecule has 5 rings (SSSR count). The van der Waals surface area contributed by atoms with Gasteiger partial charge in [-0.25, -0.2) is 0 Å². The second-order valence-electron chi connectivity index (χ2n) is 8.61. The Balaban J connectivity index is 1.53. The number of nitrogens with one attached hydrogen (secondary N) is 1. The molecule has 3 aromatic carbocycles. The topological polar surface area (TPSA) is 85.7 Å². The predicted molar refractivity (Wildman–Crippen MR) is 143 cm³/mol. The van der Waals surface area contributed by atoms with E-state index in [1.165, 1.54) is 10.9 Å². The molecule has 2 heterocycles. The molecule has 0 spiro atoms. The molecular formula is C28H25ClN4O4. The minimum Gasteiger partial charge on any atom is -0.453 e. The zero-order chi connectivity index (χ0) is 25.8. The van der Waals surface area contributed by atoms with Gasteiger partial charge in [-0.15, -0.1) is 0 Å². The first-order valence-electron chi connectivity index (χ1n) is 11.8. The Bertz CT molecular complexity index is 1500. The molecule has 0 atom stereocenters. The van der Waals surface area contributed by atoms with Crippen molar-refractivity contribution in [1.82, 2.24) is 14.7 Å². The Labute approximate surface area is 219 Å². The molecule has 4 aromatic rings. The van der Waals surface area contributed by atoms with E-state index in [1.54, 1.807) is 53.4 Å². The van der Waals surface area contributed by atoms with E-state index >= 15 is 0 Å². The maximum Gasteiger partial charge on any atom is 0.299 e. The second kappa shape index (κ2) is 10.9. The highest BCUT2D eigenvalue weighted by Gasteiger charge is 2.20. The fourth-order valence-electron chi connectivity index (χ4n) is 4.06. The monoisotopic (exact) mass is 516 g/mol. The zero-order valence-corrected chi connectivity index (χ0v) is 20.9. The van der Waals surface area contributed by atoms with Gasteiger partial charge >= 0.3 is 0 Å². The molecular weight excluding hydrogens is 492 g/mol. The van der Waals surface area contributed by atoms with Gasteiger partial charge in [0.25, 0.3) is 11.5 Å². The van der Waals surface area contributed by atoms with E-state index in [1.807, 2.05) is 31.2 Å². The molecule has 0 unspecified atom stereocenters. The van der Waals surface area contributed by atoms with Crippen LogP contribution in [0.2, 0.25) is 5.02 Å². The van der Waals surface area contributed by atoms with Crippen LogP contribution in [-0.4, -0.2) is 46.9 Å². The maximum absolute atomic E-state index is 13.7. The van der Waals surface area contributed by atoms with Crippen LogP contribution in [0.3, 0.4) is 0 Å². The number of hydrogen-bond donors (Lipinski definition) is 1. The van der Waals surface area contributed by atoms with Crippen LogP contribution in [0, 0.1) is 6.92 Å². The Morgan fingerprint density at radius 3 is 2.59 bits per heavy atom. The van der Waals surface area contributed by atoms with Gasteiger partial charge in [0.1, 0.15) is 5.75 Å². The lowest BCUT2D eigenvalue weighted by molar-refractivity contribution is 0.0303. The first-order valence-corrected chi connectivity index (χ1v) is 12.2. The van der Waals surface area contributed by atoms with Gasteiger partial charge in [-0.05, 0) is 61.0 Å². The van der Waals surface area contributed by atoms with E-state index in [2.05, 4.69) is 10.4 Å². The third-order valence-corrected chi connectivity index (χ3v) is 6.13. The number of rotatable bonds is 6. The summed E-state index contributed by atoms with van der Waals surface area (Å²) in [5, 5.41) is 8.03.